The first-order valence-corrected chi connectivity index (χ1v) is 11.7. The van der Waals surface area contributed by atoms with Crippen LogP contribution >= 0.6 is 27.5 Å². The van der Waals surface area contributed by atoms with Gasteiger partial charge in [0.2, 0.25) is 0 Å². The highest BCUT2D eigenvalue weighted by Gasteiger charge is 2.35. The summed E-state index contributed by atoms with van der Waals surface area (Å²) in [5.74, 6) is 0.0631. The van der Waals surface area contributed by atoms with Gasteiger partial charge < -0.3 is 9.26 Å². The molecule has 5 nitrogen and oxygen atoms in total. The van der Waals surface area contributed by atoms with Gasteiger partial charge in [0.05, 0.1) is 5.69 Å². The number of hydrogen-bond acceptors (Lipinski definition) is 5. The summed E-state index contributed by atoms with van der Waals surface area (Å²) in [6.45, 7) is 7.21. The van der Waals surface area contributed by atoms with Gasteiger partial charge in [0.25, 0.3) is 0 Å². The van der Waals surface area contributed by atoms with Crippen molar-refractivity contribution in [2.75, 3.05) is 13.1 Å². The summed E-state index contributed by atoms with van der Waals surface area (Å²) >= 11 is 9.55. The van der Waals surface area contributed by atoms with E-state index in [1.54, 1.807) is 0 Å². The first-order chi connectivity index (χ1) is 14.7. The molecule has 1 aliphatic rings. The van der Waals surface area contributed by atoms with E-state index in [1.807, 2.05) is 57.2 Å². The molecule has 0 saturated carbocycles. The molecule has 1 aromatic heterocycles. The Morgan fingerprint density at radius 3 is 2.52 bits per heavy atom. The molecule has 4 rings (SSSR count). The lowest BCUT2D eigenvalue weighted by Gasteiger charge is -2.37. The highest BCUT2D eigenvalue weighted by Crippen LogP contribution is 2.36. The molecule has 0 aliphatic carbocycles. The van der Waals surface area contributed by atoms with Gasteiger partial charge in [0.15, 0.2) is 5.58 Å². The van der Waals surface area contributed by atoms with Crippen molar-refractivity contribution in [2.45, 2.75) is 51.2 Å². The summed E-state index contributed by atoms with van der Waals surface area (Å²) in [4.78, 5) is 15.3. The molecule has 2 heterocycles. The van der Waals surface area contributed by atoms with Crippen LogP contribution in [-0.4, -0.2) is 34.7 Å². The minimum Gasteiger partial charge on any atom is -0.459 e. The summed E-state index contributed by atoms with van der Waals surface area (Å²) < 4.78 is 12.3. The molecule has 7 heteroatoms. The fourth-order valence-electron chi connectivity index (χ4n) is 4.16. The van der Waals surface area contributed by atoms with E-state index < -0.39 is 11.6 Å². The Hall–Kier alpha value is -1.89. The molecule has 1 aliphatic heterocycles. The van der Waals surface area contributed by atoms with Crippen LogP contribution in [0.3, 0.4) is 0 Å². The smallest absolute Gasteiger partial charge is 0.328 e. The van der Waals surface area contributed by atoms with Crippen molar-refractivity contribution in [1.82, 2.24) is 10.1 Å². The van der Waals surface area contributed by atoms with Crippen molar-refractivity contribution >= 4 is 44.5 Å². The standard InChI is InChI=1S/C24H26BrClN2O3/c1-24(2,3)30-23(29)22(16-4-7-18(26)8-5-16)28-12-10-15(11-13-28)21-19-9-6-17(25)14-20(19)31-27-21/h4-9,14-15,22H,10-13H2,1-3H3. The highest BCUT2D eigenvalue weighted by atomic mass is 79.9. The van der Waals surface area contributed by atoms with Crippen LogP contribution in [0.2, 0.25) is 5.02 Å². The van der Waals surface area contributed by atoms with Crippen molar-refractivity contribution < 1.29 is 14.1 Å². The van der Waals surface area contributed by atoms with Gasteiger partial charge >= 0.3 is 5.97 Å². The van der Waals surface area contributed by atoms with Crippen LogP contribution in [0.15, 0.2) is 51.5 Å². The Kier molecular flexibility index (Phi) is 6.42. The van der Waals surface area contributed by atoms with Crippen LogP contribution in [0.5, 0.6) is 0 Å². The topological polar surface area (TPSA) is 55.6 Å². The molecule has 0 radical (unpaired) electrons. The number of benzene rings is 2. The fourth-order valence-corrected chi connectivity index (χ4v) is 4.62. The lowest BCUT2D eigenvalue weighted by Crippen LogP contribution is -2.42. The van der Waals surface area contributed by atoms with E-state index in [4.69, 9.17) is 20.9 Å². The lowest BCUT2D eigenvalue weighted by atomic mass is 9.90. The van der Waals surface area contributed by atoms with E-state index >= 15 is 0 Å². The molecule has 3 aromatic rings. The Labute approximate surface area is 195 Å². The molecule has 31 heavy (non-hydrogen) atoms. The van der Waals surface area contributed by atoms with Crippen LogP contribution in [0, 0.1) is 0 Å². The number of ether oxygens (including phenoxy) is 1. The second-order valence-corrected chi connectivity index (χ2v) is 10.4. The molecule has 1 atom stereocenters. The average Bonchev–Trinajstić information content (AvgIpc) is 3.12. The summed E-state index contributed by atoms with van der Waals surface area (Å²) in [7, 11) is 0. The SMILES string of the molecule is CC(C)(C)OC(=O)C(c1ccc(Cl)cc1)N1CCC(c2noc3cc(Br)ccc23)CC1. The van der Waals surface area contributed by atoms with Gasteiger partial charge in [-0.2, -0.15) is 0 Å². The average molecular weight is 506 g/mol. The molecule has 0 bridgehead atoms. The molecular formula is C24H26BrClN2O3. The first kappa shape index (κ1) is 22.3. The third kappa shape index (κ3) is 5.13. The number of halogens is 2. The second kappa shape index (κ2) is 8.93. The van der Waals surface area contributed by atoms with E-state index in [2.05, 4.69) is 32.1 Å². The number of piperidine rings is 1. The largest absolute Gasteiger partial charge is 0.459 e. The van der Waals surface area contributed by atoms with E-state index in [1.165, 1.54) is 0 Å². The molecular weight excluding hydrogens is 480 g/mol. The minimum absolute atomic E-state index is 0.231. The van der Waals surface area contributed by atoms with E-state index in [-0.39, 0.29) is 5.97 Å². The molecule has 1 saturated heterocycles. The molecule has 0 N–H and O–H groups in total. The first-order valence-electron chi connectivity index (χ1n) is 10.5. The normalized spacial score (nSPS) is 17.1. The zero-order valence-electron chi connectivity index (χ0n) is 17.9. The Bertz CT molecular complexity index is 1070. The van der Waals surface area contributed by atoms with Gasteiger partial charge in [-0.25, -0.2) is 4.79 Å². The Morgan fingerprint density at radius 1 is 1.19 bits per heavy atom. The molecule has 1 fully saturated rings. The van der Waals surface area contributed by atoms with Crippen LogP contribution in [0.25, 0.3) is 11.0 Å². The lowest BCUT2D eigenvalue weighted by molar-refractivity contribution is -0.162. The number of fused-ring (bicyclic) bond motifs is 1. The fraction of sp³-hybridized carbons (Fsp3) is 0.417. The van der Waals surface area contributed by atoms with Crippen LogP contribution in [-0.2, 0) is 9.53 Å². The van der Waals surface area contributed by atoms with Gasteiger partial charge in [-0.3, -0.25) is 4.90 Å². The predicted molar refractivity (Wildman–Crippen MR) is 125 cm³/mol. The van der Waals surface area contributed by atoms with Gasteiger partial charge in [-0.05, 0) is 82.6 Å². The number of carbonyl (C=O) groups is 1. The predicted octanol–water partition coefficient (Wildman–Crippen LogP) is 6.51. The molecule has 164 valence electrons. The number of nitrogens with zero attached hydrogens (tertiary/aromatic N) is 2. The van der Waals surface area contributed by atoms with Gasteiger partial charge in [0.1, 0.15) is 11.6 Å². The van der Waals surface area contributed by atoms with Crippen LogP contribution in [0.1, 0.15) is 56.8 Å². The van der Waals surface area contributed by atoms with Crippen molar-refractivity contribution in [1.29, 1.82) is 0 Å². The molecule has 1 unspecified atom stereocenters. The van der Waals surface area contributed by atoms with E-state index in [0.29, 0.717) is 10.9 Å². The summed E-state index contributed by atoms with van der Waals surface area (Å²) in [6, 6.07) is 13.0. The number of hydrogen-bond donors (Lipinski definition) is 0. The number of rotatable bonds is 4. The summed E-state index contributed by atoms with van der Waals surface area (Å²) in [5, 5.41) is 6.07. The maximum absolute atomic E-state index is 13.1. The second-order valence-electron chi connectivity index (χ2n) is 9.01. The number of aromatic nitrogens is 1. The maximum atomic E-state index is 13.1. The van der Waals surface area contributed by atoms with Gasteiger partial charge in [0, 0.05) is 20.8 Å². The van der Waals surface area contributed by atoms with E-state index in [0.717, 1.165) is 52.6 Å². The van der Waals surface area contributed by atoms with Crippen molar-refractivity contribution in [2.24, 2.45) is 0 Å². The minimum atomic E-state index is -0.548. The van der Waals surface area contributed by atoms with Crippen molar-refractivity contribution in [3.05, 3.63) is 63.2 Å². The molecule has 2 aromatic carbocycles. The molecule has 0 amide bonds. The zero-order valence-corrected chi connectivity index (χ0v) is 20.2. The highest BCUT2D eigenvalue weighted by molar-refractivity contribution is 9.10. The van der Waals surface area contributed by atoms with Crippen molar-refractivity contribution in [3.8, 4) is 0 Å². The zero-order chi connectivity index (χ0) is 22.2. The number of esters is 1. The van der Waals surface area contributed by atoms with E-state index in [9.17, 15) is 4.79 Å². The van der Waals surface area contributed by atoms with Crippen LogP contribution < -0.4 is 0 Å². The third-order valence-electron chi connectivity index (χ3n) is 5.56. The van der Waals surface area contributed by atoms with Crippen molar-refractivity contribution in [3.63, 3.8) is 0 Å². The van der Waals surface area contributed by atoms with Gasteiger partial charge in [-0.1, -0.05) is 44.8 Å². The quantitative estimate of drug-likeness (QED) is 0.379. The number of carbonyl (C=O) groups excluding carboxylic acids is 1. The molecule has 0 spiro atoms. The van der Waals surface area contributed by atoms with Crippen LogP contribution in [0.4, 0.5) is 0 Å². The number of likely N-dealkylation sites (tertiary alicyclic amines) is 1. The Morgan fingerprint density at radius 2 is 1.87 bits per heavy atom. The van der Waals surface area contributed by atoms with Gasteiger partial charge in [-0.15, -0.1) is 0 Å². The maximum Gasteiger partial charge on any atom is 0.328 e. The summed E-state index contributed by atoms with van der Waals surface area (Å²) in [6.07, 6.45) is 1.79. The third-order valence-corrected chi connectivity index (χ3v) is 6.30. The summed E-state index contributed by atoms with van der Waals surface area (Å²) in [5.41, 5.74) is 2.14. The monoisotopic (exact) mass is 504 g/mol. The Balaban J connectivity index is 1.54.